The fraction of sp³-hybridized carbons (Fsp3) is 0.583. The smallest absolute Gasteiger partial charge is 0.376 e. The highest BCUT2D eigenvalue weighted by Crippen LogP contribution is 2.36. The zero-order valence-corrected chi connectivity index (χ0v) is 10.1. The van der Waals surface area contributed by atoms with Gasteiger partial charge in [0.1, 0.15) is 5.82 Å². The molecular weight excluding hydrogens is 218 g/mol. The number of carbonyl (C=O) groups is 1. The fourth-order valence-electron chi connectivity index (χ4n) is 1.93. The maximum atomic E-state index is 11.3. The number of methoxy groups -OCH3 is 1. The van der Waals surface area contributed by atoms with Crippen molar-refractivity contribution in [2.24, 2.45) is 5.92 Å². The Morgan fingerprint density at radius 3 is 3.18 bits per heavy atom. The van der Waals surface area contributed by atoms with Crippen LogP contribution < -0.4 is 5.32 Å². The molecule has 1 fully saturated rings. The van der Waals surface area contributed by atoms with E-state index in [1.54, 1.807) is 12.3 Å². The third-order valence-corrected chi connectivity index (χ3v) is 2.94. The van der Waals surface area contributed by atoms with Gasteiger partial charge in [-0.2, -0.15) is 0 Å². The second-order valence-electron chi connectivity index (χ2n) is 4.29. The topological polar surface area (TPSA) is 64.1 Å². The fourth-order valence-corrected chi connectivity index (χ4v) is 1.93. The van der Waals surface area contributed by atoms with Crippen molar-refractivity contribution in [3.63, 3.8) is 0 Å². The van der Waals surface area contributed by atoms with E-state index in [4.69, 9.17) is 0 Å². The molecule has 0 bridgehead atoms. The van der Waals surface area contributed by atoms with Crippen molar-refractivity contribution in [2.75, 3.05) is 12.4 Å². The van der Waals surface area contributed by atoms with Crippen LogP contribution in [0.15, 0.2) is 12.3 Å². The third kappa shape index (κ3) is 2.93. The highest BCUT2D eigenvalue weighted by molar-refractivity contribution is 5.85. The molecule has 1 saturated carbocycles. The summed E-state index contributed by atoms with van der Waals surface area (Å²) in [6.07, 6.45) is 5.21. The van der Waals surface area contributed by atoms with E-state index in [-0.39, 0.29) is 5.82 Å². The number of nitrogens with one attached hydrogen (secondary N) is 1. The molecule has 17 heavy (non-hydrogen) atoms. The Morgan fingerprint density at radius 2 is 2.47 bits per heavy atom. The van der Waals surface area contributed by atoms with E-state index in [1.807, 2.05) is 0 Å². The Morgan fingerprint density at radius 1 is 1.65 bits per heavy atom. The number of nitrogens with zero attached hydrogens (tertiary/aromatic N) is 2. The van der Waals surface area contributed by atoms with Crippen LogP contribution in [0, 0.1) is 5.92 Å². The first-order valence-electron chi connectivity index (χ1n) is 5.92. The highest BCUT2D eigenvalue weighted by Gasteiger charge is 2.36. The third-order valence-electron chi connectivity index (χ3n) is 2.94. The minimum Gasteiger partial charge on any atom is -0.463 e. The van der Waals surface area contributed by atoms with Crippen molar-refractivity contribution in [2.45, 2.75) is 32.2 Å². The van der Waals surface area contributed by atoms with E-state index < -0.39 is 5.97 Å². The molecule has 0 aromatic carbocycles. The molecule has 2 rings (SSSR count). The zero-order valence-electron chi connectivity index (χ0n) is 10.1. The Balaban J connectivity index is 1.96. The Bertz CT molecular complexity index is 408. The Kier molecular flexibility index (Phi) is 3.56. The van der Waals surface area contributed by atoms with Crippen molar-refractivity contribution in [3.05, 3.63) is 18.1 Å². The molecule has 0 aliphatic heterocycles. The molecule has 5 heteroatoms. The molecule has 0 amide bonds. The van der Waals surface area contributed by atoms with Gasteiger partial charge in [-0.1, -0.05) is 13.3 Å². The predicted octanol–water partition coefficient (Wildman–Crippen LogP) is 1.86. The number of aromatic nitrogens is 2. The quantitative estimate of drug-likeness (QED) is 0.789. The first kappa shape index (κ1) is 11.8. The van der Waals surface area contributed by atoms with Crippen LogP contribution in [-0.2, 0) is 4.74 Å². The molecule has 1 aliphatic rings. The number of hydrogen-bond donors (Lipinski definition) is 1. The Labute approximate surface area is 101 Å². The average Bonchev–Trinajstić information content (AvgIpc) is 3.07. The Hall–Kier alpha value is -1.65. The van der Waals surface area contributed by atoms with Gasteiger partial charge in [0.25, 0.3) is 0 Å². The van der Waals surface area contributed by atoms with Crippen LogP contribution in [0.3, 0.4) is 0 Å². The molecule has 1 heterocycles. The minimum atomic E-state index is -0.505. The lowest BCUT2D eigenvalue weighted by Gasteiger charge is -2.05. The molecule has 1 N–H and O–H groups in total. The van der Waals surface area contributed by atoms with Crippen molar-refractivity contribution in [1.82, 2.24) is 9.97 Å². The van der Waals surface area contributed by atoms with Gasteiger partial charge in [0.2, 0.25) is 5.82 Å². The van der Waals surface area contributed by atoms with Gasteiger partial charge < -0.3 is 10.1 Å². The van der Waals surface area contributed by atoms with Crippen LogP contribution in [0.2, 0.25) is 0 Å². The molecule has 2 unspecified atom stereocenters. The number of carbonyl (C=O) groups excluding carboxylic acids is 1. The molecule has 0 spiro atoms. The predicted molar refractivity (Wildman–Crippen MR) is 63.8 cm³/mol. The second-order valence-corrected chi connectivity index (χ2v) is 4.29. The standard InChI is InChI=1S/C12H17N3O2/c1-3-4-8-7-9(8)14-10-5-6-13-11(15-10)12(16)17-2/h5-6,8-9H,3-4,7H2,1-2H3,(H,13,14,15). The van der Waals surface area contributed by atoms with Gasteiger partial charge in [-0.25, -0.2) is 14.8 Å². The van der Waals surface area contributed by atoms with Gasteiger partial charge in [-0.05, 0) is 24.8 Å². The van der Waals surface area contributed by atoms with Gasteiger partial charge in [-0.3, -0.25) is 0 Å². The highest BCUT2D eigenvalue weighted by atomic mass is 16.5. The molecule has 1 aromatic rings. The van der Waals surface area contributed by atoms with E-state index >= 15 is 0 Å². The summed E-state index contributed by atoms with van der Waals surface area (Å²) in [7, 11) is 1.32. The molecule has 5 nitrogen and oxygen atoms in total. The summed E-state index contributed by atoms with van der Waals surface area (Å²) < 4.78 is 4.58. The first-order valence-corrected chi connectivity index (χ1v) is 5.92. The number of hydrogen-bond acceptors (Lipinski definition) is 5. The van der Waals surface area contributed by atoms with Crippen molar-refractivity contribution >= 4 is 11.8 Å². The van der Waals surface area contributed by atoms with Gasteiger partial charge >= 0.3 is 5.97 Å². The van der Waals surface area contributed by atoms with Gasteiger partial charge in [0.15, 0.2) is 0 Å². The van der Waals surface area contributed by atoms with Crippen LogP contribution in [0.4, 0.5) is 5.82 Å². The number of rotatable bonds is 5. The van der Waals surface area contributed by atoms with Crippen molar-refractivity contribution in [1.29, 1.82) is 0 Å². The van der Waals surface area contributed by atoms with E-state index in [1.165, 1.54) is 26.4 Å². The number of anilines is 1. The van der Waals surface area contributed by atoms with Crippen LogP contribution in [0.5, 0.6) is 0 Å². The molecule has 92 valence electrons. The van der Waals surface area contributed by atoms with E-state index in [9.17, 15) is 4.79 Å². The normalized spacial score (nSPS) is 22.0. The van der Waals surface area contributed by atoms with Crippen LogP contribution >= 0.6 is 0 Å². The molecule has 0 saturated heterocycles. The molecule has 1 aliphatic carbocycles. The molecular formula is C12H17N3O2. The van der Waals surface area contributed by atoms with Crippen molar-refractivity contribution < 1.29 is 9.53 Å². The summed E-state index contributed by atoms with van der Waals surface area (Å²) in [4.78, 5) is 19.2. The van der Waals surface area contributed by atoms with Crippen LogP contribution in [0.1, 0.15) is 36.8 Å². The maximum absolute atomic E-state index is 11.3. The summed E-state index contributed by atoms with van der Waals surface area (Å²) in [5.74, 6) is 1.04. The molecule has 2 atom stereocenters. The van der Waals surface area contributed by atoms with Gasteiger partial charge in [0, 0.05) is 12.2 Å². The second kappa shape index (κ2) is 5.12. The summed E-state index contributed by atoms with van der Waals surface area (Å²) in [5.41, 5.74) is 0. The maximum Gasteiger partial charge on any atom is 0.376 e. The average molecular weight is 235 g/mol. The van der Waals surface area contributed by atoms with Crippen LogP contribution in [-0.4, -0.2) is 29.1 Å². The molecule has 1 aromatic heterocycles. The monoisotopic (exact) mass is 235 g/mol. The lowest BCUT2D eigenvalue weighted by molar-refractivity contribution is 0.0587. The first-order chi connectivity index (χ1) is 8.24. The van der Waals surface area contributed by atoms with Gasteiger partial charge in [0.05, 0.1) is 7.11 Å². The lowest BCUT2D eigenvalue weighted by Crippen LogP contribution is -2.11. The largest absolute Gasteiger partial charge is 0.463 e. The van der Waals surface area contributed by atoms with Crippen molar-refractivity contribution in [3.8, 4) is 0 Å². The van der Waals surface area contributed by atoms with Gasteiger partial charge in [-0.15, -0.1) is 0 Å². The zero-order chi connectivity index (χ0) is 12.3. The van der Waals surface area contributed by atoms with E-state index in [0.717, 1.165) is 5.92 Å². The summed E-state index contributed by atoms with van der Waals surface area (Å²) in [6.45, 7) is 2.19. The molecule has 0 radical (unpaired) electrons. The van der Waals surface area contributed by atoms with E-state index in [2.05, 4.69) is 26.9 Å². The lowest BCUT2D eigenvalue weighted by atomic mass is 10.2. The number of esters is 1. The minimum absolute atomic E-state index is 0.102. The SMILES string of the molecule is CCCC1CC1Nc1ccnc(C(=O)OC)n1. The summed E-state index contributed by atoms with van der Waals surface area (Å²) >= 11 is 0. The van der Waals surface area contributed by atoms with E-state index in [0.29, 0.717) is 11.9 Å². The summed E-state index contributed by atoms with van der Waals surface area (Å²) in [6, 6.07) is 2.27. The number of ether oxygens (including phenoxy) is 1. The summed E-state index contributed by atoms with van der Waals surface area (Å²) in [5, 5.41) is 3.31. The van der Waals surface area contributed by atoms with Crippen LogP contribution in [0.25, 0.3) is 0 Å².